The highest BCUT2D eigenvalue weighted by Crippen LogP contribution is 2.20. The Labute approximate surface area is 122 Å². The Kier molecular flexibility index (Phi) is 3.48. The lowest BCUT2D eigenvalue weighted by atomic mass is 10.0. The molecular weight excluding hydrogens is 262 g/mol. The number of nitrogens with zero attached hydrogens (tertiary/aromatic N) is 1. The van der Waals surface area contributed by atoms with Crippen LogP contribution in [0.4, 0.5) is 0 Å². The number of benzene rings is 2. The fourth-order valence-corrected chi connectivity index (χ4v) is 2.33. The van der Waals surface area contributed by atoms with Gasteiger partial charge in [0, 0.05) is 17.3 Å². The lowest BCUT2D eigenvalue weighted by molar-refractivity contribution is 0.103. The molecule has 0 N–H and O–H groups in total. The first-order valence-corrected chi connectivity index (χ1v) is 6.63. The molecule has 0 amide bonds. The predicted molar refractivity (Wildman–Crippen MR) is 81.0 cm³/mol. The van der Waals surface area contributed by atoms with Crippen molar-refractivity contribution in [2.75, 3.05) is 0 Å². The number of carbonyl (C=O) groups excluding carboxylic acids is 2. The number of aldehydes is 1. The molecule has 0 aliphatic rings. The van der Waals surface area contributed by atoms with Gasteiger partial charge in [0.1, 0.15) is 0 Å². The molecule has 3 heteroatoms. The first-order chi connectivity index (χ1) is 10.3. The van der Waals surface area contributed by atoms with Crippen molar-refractivity contribution in [3.8, 4) is 5.69 Å². The second kappa shape index (κ2) is 5.59. The van der Waals surface area contributed by atoms with Gasteiger partial charge in [0.05, 0.1) is 11.4 Å². The molecule has 0 aliphatic carbocycles. The fourth-order valence-electron chi connectivity index (χ4n) is 2.33. The van der Waals surface area contributed by atoms with Crippen molar-refractivity contribution in [2.24, 2.45) is 0 Å². The van der Waals surface area contributed by atoms with Crippen LogP contribution in [0.15, 0.2) is 72.9 Å². The van der Waals surface area contributed by atoms with E-state index in [1.54, 1.807) is 41.1 Å². The van der Waals surface area contributed by atoms with Crippen LogP contribution in [0.2, 0.25) is 0 Å². The van der Waals surface area contributed by atoms with Gasteiger partial charge >= 0.3 is 0 Å². The van der Waals surface area contributed by atoms with Gasteiger partial charge in [-0.1, -0.05) is 42.5 Å². The number of carbonyl (C=O) groups is 2. The zero-order valence-electron chi connectivity index (χ0n) is 11.3. The molecular formula is C18H13NO2. The van der Waals surface area contributed by atoms with E-state index in [9.17, 15) is 9.59 Å². The molecule has 0 saturated carbocycles. The maximum atomic E-state index is 12.7. The standard InChI is InChI=1S/C18H13NO2/c20-13-15-9-6-12-19(15)17-11-5-4-10-16(17)18(21)14-7-2-1-3-8-14/h1-13H. The molecule has 0 atom stereocenters. The van der Waals surface area contributed by atoms with Crippen LogP contribution >= 0.6 is 0 Å². The minimum absolute atomic E-state index is 0.0586. The molecule has 1 heterocycles. The van der Waals surface area contributed by atoms with Crippen LogP contribution in [-0.2, 0) is 0 Å². The summed E-state index contributed by atoms with van der Waals surface area (Å²) in [5, 5.41) is 0. The van der Waals surface area contributed by atoms with Crippen molar-refractivity contribution in [3.05, 3.63) is 89.7 Å². The average molecular weight is 275 g/mol. The van der Waals surface area contributed by atoms with Gasteiger partial charge in [-0.3, -0.25) is 9.59 Å². The normalized spacial score (nSPS) is 10.3. The van der Waals surface area contributed by atoms with Gasteiger partial charge in [-0.05, 0) is 24.3 Å². The van der Waals surface area contributed by atoms with Crippen molar-refractivity contribution in [1.29, 1.82) is 0 Å². The van der Waals surface area contributed by atoms with Gasteiger partial charge in [-0.2, -0.15) is 0 Å². The highest BCUT2D eigenvalue weighted by atomic mass is 16.1. The van der Waals surface area contributed by atoms with E-state index in [1.807, 2.05) is 36.4 Å². The molecule has 3 aromatic rings. The van der Waals surface area contributed by atoms with Crippen molar-refractivity contribution in [1.82, 2.24) is 4.57 Å². The molecule has 1 aromatic heterocycles. The summed E-state index contributed by atoms with van der Waals surface area (Å²) >= 11 is 0. The Hall–Kier alpha value is -2.94. The zero-order chi connectivity index (χ0) is 14.7. The average Bonchev–Trinajstić information content (AvgIpc) is 3.03. The van der Waals surface area contributed by atoms with Gasteiger partial charge in [-0.25, -0.2) is 0 Å². The molecule has 2 aromatic carbocycles. The first-order valence-electron chi connectivity index (χ1n) is 6.63. The molecule has 0 saturated heterocycles. The zero-order valence-corrected chi connectivity index (χ0v) is 11.3. The third-order valence-corrected chi connectivity index (χ3v) is 3.35. The van der Waals surface area contributed by atoms with Crippen LogP contribution in [0, 0.1) is 0 Å². The summed E-state index contributed by atoms with van der Waals surface area (Å²) in [6, 6.07) is 19.9. The van der Waals surface area contributed by atoms with Crippen molar-refractivity contribution < 1.29 is 9.59 Å². The highest BCUT2D eigenvalue weighted by molar-refractivity contribution is 6.11. The van der Waals surface area contributed by atoms with Crippen molar-refractivity contribution in [2.45, 2.75) is 0 Å². The Balaban J connectivity index is 2.13. The molecule has 21 heavy (non-hydrogen) atoms. The molecule has 0 bridgehead atoms. The molecule has 3 rings (SSSR count). The highest BCUT2D eigenvalue weighted by Gasteiger charge is 2.15. The Morgan fingerprint density at radius 1 is 0.857 bits per heavy atom. The van der Waals surface area contributed by atoms with Crippen molar-refractivity contribution in [3.63, 3.8) is 0 Å². The summed E-state index contributed by atoms with van der Waals surface area (Å²) in [7, 11) is 0. The number of hydrogen-bond donors (Lipinski definition) is 0. The monoisotopic (exact) mass is 275 g/mol. The fraction of sp³-hybridized carbons (Fsp3) is 0. The third kappa shape index (κ3) is 2.41. The minimum atomic E-state index is -0.0586. The van der Waals surface area contributed by atoms with Crippen LogP contribution in [0.1, 0.15) is 26.4 Å². The molecule has 0 unspecified atom stereocenters. The van der Waals surface area contributed by atoms with Gasteiger partial charge in [0.25, 0.3) is 0 Å². The molecule has 0 spiro atoms. The number of hydrogen-bond acceptors (Lipinski definition) is 2. The molecule has 0 aliphatic heterocycles. The van der Waals surface area contributed by atoms with E-state index in [1.165, 1.54) is 0 Å². The summed E-state index contributed by atoms with van der Waals surface area (Å²) in [5.41, 5.74) is 2.43. The van der Waals surface area contributed by atoms with Crippen LogP contribution in [0.5, 0.6) is 0 Å². The summed E-state index contributed by atoms with van der Waals surface area (Å²) in [6.45, 7) is 0. The van der Waals surface area contributed by atoms with Gasteiger partial charge in [0.2, 0.25) is 0 Å². The van der Waals surface area contributed by atoms with E-state index < -0.39 is 0 Å². The predicted octanol–water partition coefficient (Wildman–Crippen LogP) is 3.52. The summed E-state index contributed by atoms with van der Waals surface area (Å²) in [5.74, 6) is -0.0586. The van der Waals surface area contributed by atoms with Gasteiger partial charge < -0.3 is 4.57 Å². The Morgan fingerprint density at radius 3 is 2.33 bits per heavy atom. The van der Waals surface area contributed by atoms with Crippen LogP contribution in [-0.4, -0.2) is 16.6 Å². The van der Waals surface area contributed by atoms with Gasteiger partial charge in [0.15, 0.2) is 12.1 Å². The van der Waals surface area contributed by atoms with E-state index >= 15 is 0 Å². The van der Waals surface area contributed by atoms with Gasteiger partial charge in [-0.15, -0.1) is 0 Å². The summed E-state index contributed by atoms with van der Waals surface area (Å²) < 4.78 is 1.73. The molecule has 0 radical (unpaired) electrons. The molecule has 0 fully saturated rings. The largest absolute Gasteiger partial charge is 0.313 e. The first kappa shape index (κ1) is 13.1. The topological polar surface area (TPSA) is 39.1 Å². The Morgan fingerprint density at radius 2 is 1.57 bits per heavy atom. The number of para-hydroxylation sites is 1. The van der Waals surface area contributed by atoms with Crippen LogP contribution in [0.25, 0.3) is 5.69 Å². The summed E-state index contributed by atoms with van der Waals surface area (Å²) in [4.78, 5) is 23.8. The smallest absolute Gasteiger partial charge is 0.195 e. The van der Waals surface area contributed by atoms with E-state index in [0.29, 0.717) is 22.5 Å². The molecule has 102 valence electrons. The number of ketones is 1. The van der Waals surface area contributed by atoms with Crippen molar-refractivity contribution >= 4 is 12.1 Å². The van der Waals surface area contributed by atoms with E-state index in [4.69, 9.17) is 0 Å². The second-order valence-corrected chi connectivity index (χ2v) is 4.63. The third-order valence-electron chi connectivity index (χ3n) is 3.35. The maximum Gasteiger partial charge on any atom is 0.195 e. The van der Waals surface area contributed by atoms with E-state index in [0.717, 1.165) is 6.29 Å². The quantitative estimate of drug-likeness (QED) is 0.540. The Bertz CT molecular complexity index is 788. The molecule has 3 nitrogen and oxygen atoms in total. The maximum absolute atomic E-state index is 12.7. The van der Waals surface area contributed by atoms with Crippen LogP contribution in [0.3, 0.4) is 0 Å². The number of rotatable bonds is 4. The van der Waals surface area contributed by atoms with Crippen LogP contribution < -0.4 is 0 Å². The van der Waals surface area contributed by atoms with E-state index in [-0.39, 0.29) is 5.78 Å². The lowest BCUT2D eigenvalue weighted by Crippen LogP contribution is -2.08. The minimum Gasteiger partial charge on any atom is -0.313 e. The number of aromatic nitrogens is 1. The van der Waals surface area contributed by atoms with E-state index in [2.05, 4.69) is 0 Å². The summed E-state index contributed by atoms with van der Waals surface area (Å²) in [6.07, 6.45) is 2.56. The second-order valence-electron chi connectivity index (χ2n) is 4.63. The lowest BCUT2D eigenvalue weighted by Gasteiger charge is -2.11. The SMILES string of the molecule is O=Cc1cccn1-c1ccccc1C(=O)c1ccccc1.